The SMILES string of the molecule is Cn1cccc1/C=N/NC(=O)COc1ccccc1I. The first-order valence-electron chi connectivity index (χ1n) is 5.97. The van der Waals surface area contributed by atoms with Crippen molar-refractivity contribution in [2.24, 2.45) is 12.1 Å². The molecule has 0 spiro atoms. The van der Waals surface area contributed by atoms with Crippen molar-refractivity contribution >= 4 is 34.7 Å². The van der Waals surface area contributed by atoms with E-state index in [1.54, 1.807) is 6.21 Å². The van der Waals surface area contributed by atoms with E-state index < -0.39 is 0 Å². The summed E-state index contributed by atoms with van der Waals surface area (Å²) in [4.78, 5) is 11.6. The van der Waals surface area contributed by atoms with E-state index in [1.165, 1.54) is 0 Å². The Bertz CT molecular complexity index is 622. The lowest BCUT2D eigenvalue weighted by atomic mass is 10.3. The zero-order valence-corrected chi connectivity index (χ0v) is 13.1. The number of para-hydroxylation sites is 1. The number of halogens is 1. The van der Waals surface area contributed by atoms with Crippen molar-refractivity contribution in [1.29, 1.82) is 0 Å². The summed E-state index contributed by atoms with van der Waals surface area (Å²) in [6, 6.07) is 11.3. The maximum atomic E-state index is 11.6. The van der Waals surface area contributed by atoms with Gasteiger partial charge in [-0.15, -0.1) is 0 Å². The molecule has 0 bridgehead atoms. The first-order chi connectivity index (χ1) is 9.66. The third kappa shape index (κ3) is 4.09. The van der Waals surface area contributed by atoms with E-state index in [-0.39, 0.29) is 12.5 Å². The fraction of sp³-hybridized carbons (Fsp3) is 0.143. The second-order valence-corrected chi connectivity index (χ2v) is 5.22. The van der Waals surface area contributed by atoms with Crippen molar-refractivity contribution in [1.82, 2.24) is 9.99 Å². The number of carbonyl (C=O) groups is 1. The summed E-state index contributed by atoms with van der Waals surface area (Å²) in [5, 5.41) is 3.88. The number of aromatic nitrogens is 1. The molecule has 0 fully saturated rings. The summed E-state index contributed by atoms with van der Waals surface area (Å²) >= 11 is 2.16. The van der Waals surface area contributed by atoms with Gasteiger partial charge in [0.25, 0.3) is 5.91 Å². The molecule has 0 aliphatic rings. The highest BCUT2D eigenvalue weighted by Crippen LogP contribution is 2.19. The molecule has 5 nitrogen and oxygen atoms in total. The fourth-order valence-electron chi connectivity index (χ4n) is 1.52. The van der Waals surface area contributed by atoms with Crippen molar-refractivity contribution in [3.05, 3.63) is 51.9 Å². The Morgan fingerprint density at radius 2 is 2.20 bits per heavy atom. The van der Waals surface area contributed by atoms with Crippen LogP contribution in [0.4, 0.5) is 0 Å². The number of rotatable bonds is 5. The van der Waals surface area contributed by atoms with Gasteiger partial charge in [-0.25, -0.2) is 5.43 Å². The summed E-state index contributed by atoms with van der Waals surface area (Å²) in [7, 11) is 1.91. The number of aryl methyl sites for hydroxylation is 1. The number of amides is 1. The third-order valence-corrected chi connectivity index (χ3v) is 3.46. The van der Waals surface area contributed by atoms with Gasteiger partial charge in [-0.05, 0) is 46.9 Å². The minimum atomic E-state index is -0.296. The highest BCUT2D eigenvalue weighted by atomic mass is 127. The molecule has 0 aliphatic heterocycles. The molecular formula is C14H14IN3O2. The van der Waals surface area contributed by atoms with Crippen LogP contribution in [0.25, 0.3) is 0 Å². The van der Waals surface area contributed by atoms with Gasteiger partial charge >= 0.3 is 0 Å². The van der Waals surface area contributed by atoms with Gasteiger partial charge in [-0.2, -0.15) is 5.10 Å². The molecule has 1 aromatic heterocycles. The van der Waals surface area contributed by atoms with E-state index in [9.17, 15) is 4.79 Å². The maximum absolute atomic E-state index is 11.6. The van der Waals surface area contributed by atoms with Crippen molar-refractivity contribution < 1.29 is 9.53 Å². The Morgan fingerprint density at radius 3 is 2.90 bits per heavy atom. The number of hydrogen-bond donors (Lipinski definition) is 1. The van der Waals surface area contributed by atoms with Gasteiger partial charge in [0.2, 0.25) is 0 Å². The Labute approximate surface area is 130 Å². The van der Waals surface area contributed by atoms with Crippen LogP contribution >= 0.6 is 22.6 Å². The second-order valence-electron chi connectivity index (χ2n) is 4.06. The zero-order valence-electron chi connectivity index (χ0n) is 10.9. The molecular weight excluding hydrogens is 369 g/mol. The molecule has 0 aliphatic carbocycles. The van der Waals surface area contributed by atoms with E-state index in [4.69, 9.17) is 4.74 Å². The molecule has 0 radical (unpaired) electrons. The number of nitrogens with one attached hydrogen (secondary N) is 1. The van der Waals surface area contributed by atoms with Crippen LogP contribution in [0.3, 0.4) is 0 Å². The molecule has 0 saturated heterocycles. The molecule has 2 rings (SSSR count). The van der Waals surface area contributed by atoms with E-state index in [0.717, 1.165) is 9.26 Å². The zero-order chi connectivity index (χ0) is 14.4. The number of nitrogens with zero attached hydrogens (tertiary/aromatic N) is 2. The number of benzene rings is 1. The average Bonchev–Trinajstić information content (AvgIpc) is 2.84. The van der Waals surface area contributed by atoms with E-state index in [2.05, 4.69) is 33.1 Å². The lowest BCUT2D eigenvalue weighted by molar-refractivity contribution is -0.123. The summed E-state index contributed by atoms with van der Waals surface area (Å²) < 4.78 is 8.28. The standard InChI is InChI=1S/C14H14IN3O2/c1-18-8-4-5-11(18)9-16-17-14(19)10-20-13-7-3-2-6-12(13)15/h2-9H,10H2,1H3,(H,17,19)/b16-9+. The largest absolute Gasteiger partial charge is 0.483 e. The monoisotopic (exact) mass is 383 g/mol. The van der Waals surface area contributed by atoms with Crippen LogP contribution in [-0.2, 0) is 11.8 Å². The minimum Gasteiger partial charge on any atom is -0.483 e. The molecule has 1 aromatic carbocycles. The van der Waals surface area contributed by atoms with Crippen LogP contribution in [0.5, 0.6) is 5.75 Å². The van der Waals surface area contributed by atoms with Crippen LogP contribution in [-0.4, -0.2) is 23.3 Å². The van der Waals surface area contributed by atoms with Crippen molar-refractivity contribution in [2.75, 3.05) is 6.61 Å². The van der Waals surface area contributed by atoms with Gasteiger partial charge in [0.15, 0.2) is 6.61 Å². The third-order valence-electron chi connectivity index (χ3n) is 2.57. The van der Waals surface area contributed by atoms with Crippen LogP contribution in [0, 0.1) is 3.57 Å². The Hall–Kier alpha value is -1.83. The van der Waals surface area contributed by atoms with Crippen molar-refractivity contribution in [3.63, 3.8) is 0 Å². The highest BCUT2D eigenvalue weighted by Gasteiger charge is 2.03. The summed E-state index contributed by atoms with van der Waals surface area (Å²) in [6.07, 6.45) is 3.49. The van der Waals surface area contributed by atoms with Crippen molar-refractivity contribution in [3.8, 4) is 5.75 Å². The molecule has 6 heteroatoms. The quantitative estimate of drug-likeness (QED) is 0.489. The molecule has 0 unspecified atom stereocenters. The van der Waals surface area contributed by atoms with Gasteiger partial charge in [0, 0.05) is 13.2 Å². The number of hydrogen-bond acceptors (Lipinski definition) is 3. The molecule has 1 heterocycles. The van der Waals surface area contributed by atoms with Gasteiger partial charge < -0.3 is 9.30 Å². The van der Waals surface area contributed by atoms with E-state index in [0.29, 0.717) is 5.75 Å². The number of hydrazone groups is 1. The van der Waals surface area contributed by atoms with Gasteiger partial charge in [-0.1, -0.05) is 12.1 Å². The Balaban J connectivity index is 1.80. The second kappa shape index (κ2) is 7.09. The molecule has 2 aromatic rings. The van der Waals surface area contributed by atoms with Crippen LogP contribution in [0.1, 0.15) is 5.69 Å². The van der Waals surface area contributed by atoms with Crippen LogP contribution in [0.15, 0.2) is 47.7 Å². The topological polar surface area (TPSA) is 55.6 Å². The van der Waals surface area contributed by atoms with Crippen molar-refractivity contribution in [2.45, 2.75) is 0 Å². The fourth-order valence-corrected chi connectivity index (χ4v) is 2.06. The summed E-state index contributed by atoms with van der Waals surface area (Å²) in [6.45, 7) is -0.0650. The normalized spacial score (nSPS) is 10.7. The van der Waals surface area contributed by atoms with E-state index in [1.807, 2.05) is 54.2 Å². The van der Waals surface area contributed by atoms with Gasteiger partial charge in [-0.3, -0.25) is 4.79 Å². The lowest BCUT2D eigenvalue weighted by Crippen LogP contribution is -2.24. The lowest BCUT2D eigenvalue weighted by Gasteiger charge is -2.06. The smallest absolute Gasteiger partial charge is 0.277 e. The summed E-state index contributed by atoms with van der Waals surface area (Å²) in [5.74, 6) is 0.393. The maximum Gasteiger partial charge on any atom is 0.277 e. The predicted molar refractivity (Wildman–Crippen MR) is 85.8 cm³/mol. The Morgan fingerprint density at radius 1 is 1.40 bits per heavy atom. The predicted octanol–water partition coefficient (Wildman–Crippen LogP) is 2.16. The Kier molecular flexibility index (Phi) is 5.16. The van der Waals surface area contributed by atoms with E-state index >= 15 is 0 Å². The highest BCUT2D eigenvalue weighted by molar-refractivity contribution is 14.1. The van der Waals surface area contributed by atoms with Crippen LogP contribution < -0.4 is 10.2 Å². The molecule has 104 valence electrons. The molecule has 0 saturated carbocycles. The number of ether oxygens (including phenoxy) is 1. The summed E-state index contributed by atoms with van der Waals surface area (Å²) in [5.41, 5.74) is 3.33. The van der Waals surface area contributed by atoms with Gasteiger partial charge in [0.05, 0.1) is 15.5 Å². The molecule has 0 atom stereocenters. The first-order valence-corrected chi connectivity index (χ1v) is 7.05. The molecule has 20 heavy (non-hydrogen) atoms. The number of carbonyl (C=O) groups excluding carboxylic acids is 1. The minimum absolute atomic E-state index is 0.0650. The van der Waals surface area contributed by atoms with Crippen LogP contribution in [0.2, 0.25) is 0 Å². The first kappa shape index (κ1) is 14.6. The van der Waals surface area contributed by atoms with Gasteiger partial charge in [0.1, 0.15) is 5.75 Å². The average molecular weight is 383 g/mol. The molecule has 1 amide bonds. The molecule has 1 N–H and O–H groups in total.